The molecule has 0 aliphatic carbocycles. The molecule has 1 saturated heterocycles. The van der Waals surface area contributed by atoms with Crippen molar-refractivity contribution >= 4 is 17.7 Å². The van der Waals surface area contributed by atoms with Crippen molar-refractivity contribution in [1.82, 2.24) is 25.5 Å². The van der Waals surface area contributed by atoms with Crippen LogP contribution in [-0.2, 0) is 20.8 Å². The van der Waals surface area contributed by atoms with Gasteiger partial charge < -0.3 is 26.3 Å². The summed E-state index contributed by atoms with van der Waals surface area (Å²) in [5.41, 5.74) is 6.26. The molecule has 1 aromatic rings. The molecule has 0 bridgehead atoms. The van der Waals surface area contributed by atoms with Gasteiger partial charge in [-0.15, -0.1) is 0 Å². The molecule has 150 valence electrons. The van der Waals surface area contributed by atoms with Crippen LogP contribution < -0.4 is 16.4 Å². The lowest BCUT2D eigenvalue weighted by Crippen LogP contribution is -2.56. The number of nitrogens with zero attached hydrogens (tertiary/aromatic N) is 2. The summed E-state index contributed by atoms with van der Waals surface area (Å²) in [6.45, 7) is 4.46. The van der Waals surface area contributed by atoms with Gasteiger partial charge in [0, 0.05) is 24.9 Å². The molecular weight excluding hydrogens is 348 g/mol. The van der Waals surface area contributed by atoms with Crippen molar-refractivity contribution in [2.24, 2.45) is 11.7 Å². The first-order valence-electron chi connectivity index (χ1n) is 9.38. The van der Waals surface area contributed by atoms with E-state index in [-0.39, 0.29) is 17.7 Å². The molecule has 1 aliphatic heterocycles. The van der Waals surface area contributed by atoms with Gasteiger partial charge in [-0.2, -0.15) is 0 Å². The Kier molecular flexibility index (Phi) is 7.35. The molecule has 0 radical (unpaired) electrons. The Labute approximate surface area is 159 Å². The number of carbonyl (C=O) groups excluding carboxylic acids is 3. The minimum atomic E-state index is -0.685. The maximum Gasteiger partial charge on any atom is 0.245 e. The normalized spacial score (nSPS) is 19.1. The molecule has 1 fully saturated rings. The second-order valence-electron chi connectivity index (χ2n) is 7.40. The summed E-state index contributed by atoms with van der Waals surface area (Å²) in [6, 6.07) is -1.78. The lowest BCUT2D eigenvalue weighted by atomic mass is 10.0. The zero-order chi connectivity index (χ0) is 20.0. The second-order valence-corrected chi connectivity index (χ2v) is 7.40. The molecule has 1 aliphatic rings. The molecule has 3 atom stereocenters. The number of primary amides is 1. The summed E-state index contributed by atoms with van der Waals surface area (Å²) in [5.74, 6) is -0.798. The third-order valence-electron chi connectivity index (χ3n) is 4.83. The van der Waals surface area contributed by atoms with Gasteiger partial charge in [-0.25, -0.2) is 4.98 Å². The lowest BCUT2D eigenvalue weighted by Gasteiger charge is -2.29. The summed E-state index contributed by atoms with van der Waals surface area (Å²) in [4.78, 5) is 45.9. The molecule has 0 unspecified atom stereocenters. The van der Waals surface area contributed by atoms with Crippen LogP contribution in [0.25, 0.3) is 0 Å². The zero-order valence-corrected chi connectivity index (χ0v) is 16.2. The summed E-state index contributed by atoms with van der Waals surface area (Å²) in [5, 5.41) is 5.84. The van der Waals surface area contributed by atoms with Crippen LogP contribution in [0.1, 0.15) is 38.8 Å². The second kappa shape index (κ2) is 9.50. The fourth-order valence-electron chi connectivity index (χ4n) is 3.43. The van der Waals surface area contributed by atoms with Crippen LogP contribution in [0, 0.1) is 5.92 Å². The number of likely N-dealkylation sites (tertiary alicyclic amines) is 1. The molecule has 9 heteroatoms. The van der Waals surface area contributed by atoms with Crippen molar-refractivity contribution in [1.29, 1.82) is 0 Å². The fraction of sp³-hybridized carbons (Fsp3) is 0.667. The van der Waals surface area contributed by atoms with E-state index in [1.165, 1.54) is 4.90 Å². The topological polar surface area (TPSA) is 133 Å². The van der Waals surface area contributed by atoms with E-state index in [1.807, 2.05) is 13.8 Å². The monoisotopic (exact) mass is 378 g/mol. The molecule has 9 nitrogen and oxygen atoms in total. The van der Waals surface area contributed by atoms with E-state index in [0.717, 1.165) is 12.1 Å². The Hall–Kier alpha value is -2.42. The summed E-state index contributed by atoms with van der Waals surface area (Å²) < 4.78 is 0. The number of nitrogens with one attached hydrogen (secondary N) is 3. The number of rotatable bonds is 9. The predicted octanol–water partition coefficient (Wildman–Crippen LogP) is -0.453. The molecule has 1 aromatic heterocycles. The lowest BCUT2D eigenvalue weighted by molar-refractivity contribution is -0.141. The maximum absolute atomic E-state index is 13.0. The minimum absolute atomic E-state index is 0.203. The average molecular weight is 378 g/mol. The van der Waals surface area contributed by atoms with Gasteiger partial charge in [-0.05, 0) is 32.2 Å². The number of H-pyrrole nitrogens is 1. The van der Waals surface area contributed by atoms with Gasteiger partial charge in [0.15, 0.2) is 0 Å². The van der Waals surface area contributed by atoms with E-state index in [2.05, 4.69) is 20.6 Å². The van der Waals surface area contributed by atoms with Gasteiger partial charge in [0.25, 0.3) is 0 Å². The number of imidazole rings is 1. The van der Waals surface area contributed by atoms with Gasteiger partial charge in [0.2, 0.25) is 17.7 Å². The van der Waals surface area contributed by atoms with Crippen molar-refractivity contribution < 1.29 is 14.4 Å². The molecule has 5 N–H and O–H groups in total. The molecule has 27 heavy (non-hydrogen) atoms. The standard InChI is InChI=1S/C18H30N6O3/c1-11(2)7-14(18(27)24-6-4-5-15(24)16(19)25)23-17(26)13(20-3)8-12-9-21-10-22-12/h9-11,13-15,20H,4-8H2,1-3H3,(H2,19,25)(H,21,22)(H,23,26)/t13-,14-,15-/m0/s1. The van der Waals surface area contributed by atoms with Crippen LogP contribution in [0.15, 0.2) is 12.5 Å². The predicted molar refractivity (Wildman–Crippen MR) is 100 cm³/mol. The van der Waals surface area contributed by atoms with E-state index in [1.54, 1.807) is 19.6 Å². The summed E-state index contributed by atoms with van der Waals surface area (Å²) >= 11 is 0. The van der Waals surface area contributed by atoms with Crippen LogP contribution in [-0.4, -0.2) is 64.3 Å². The molecule has 0 saturated carbocycles. The van der Waals surface area contributed by atoms with E-state index >= 15 is 0 Å². The van der Waals surface area contributed by atoms with Crippen LogP contribution in [0.3, 0.4) is 0 Å². The number of likely N-dealkylation sites (N-methyl/N-ethyl adjacent to an activating group) is 1. The number of aromatic nitrogens is 2. The summed E-state index contributed by atoms with van der Waals surface area (Å²) in [6.07, 6.45) is 5.45. The Morgan fingerprint density at radius 1 is 1.37 bits per heavy atom. The van der Waals surface area contributed by atoms with Crippen LogP contribution >= 0.6 is 0 Å². The molecule has 2 heterocycles. The van der Waals surface area contributed by atoms with E-state index < -0.39 is 24.0 Å². The minimum Gasteiger partial charge on any atom is -0.368 e. The first-order chi connectivity index (χ1) is 12.8. The van der Waals surface area contributed by atoms with Crippen molar-refractivity contribution in [2.75, 3.05) is 13.6 Å². The van der Waals surface area contributed by atoms with Crippen molar-refractivity contribution in [3.8, 4) is 0 Å². The number of aromatic amines is 1. The Bertz CT molecular complexity index is 646. The van der Waals surface area contributed by atoms with Crippen molar-refractivity contribution in [2.45, 2.75) is 57.7 Å². The number of hydrogen-bond acceptors (Lipinski definition) is 5. The van der Waals surface area contributed by atoms with Crippen LogP contribution in [0.4, 0.5) is 0 Å². The van der Waals surface area contributed by atoms with Crippen LogP contribution in [0.5, 0.6) is 0 Å². The largest absolute Gasteiger partial charge is 0.368 e. The smallest absolute Gasteiger partial charge is 0.245 e. The third-order valence-corrected chi connectivity index (χ3v) is 4.83. The highest BCUT2D eigenvalue weighted by atomic mass is 16.2. The average Bonchev–Trinajstić information content (AvgIpc) is 3.29. The Balaban J connectivity index is 2.09. The fourth-order valence-corrected chi connectivity index (χ4v) is 3.43. The Morgan fingerprint density at radius 2 is 2.11 bits per heavy atom. The first-order valence-corrected chi connectivity index (χ1v) is 9.38. The quantitative estimate of drug-likeness (QED) is 0.462. The zero-order valence-electron chi connectivity index (χ0n) is 16.2. The van der Waals surface area contributed by atoms with E-state index in [4.69, 9.17) is 5.73 Å². The summed E-state index contributed by atoms with van der Waals surface area (Å²) in [7, 11) is 1.70. The molecule has 0 aromatic carbocycles. The number of carbonyl (C=O) groups is 3. The molecular formula is C18H30N6O3. The van der Waals surface area contributed by atoms with Crippen molar-refractivity contribution in [3.63, 3.8) is 0 Å². The maximum atomic E-state index is 13.0. The van der Waals surface area contributed by atoms with Crippen LogP contribution in [0.2, 0.25) is 0 Å². The SMILES string of the molecule is CN[C@@H](Cc1cnc[nH]1)C(=O)N[C@@H](CC(C)C)C(=O)N1CCC[C@H]1C(N)=O. The Morgan fingerprint density at radius 3 is 2.67 bits per heavy atom. The number of hydrogen-bond donors (Lipinski definition) is 4. The number of nitrogens with two attached hydrogens (primary N) is 1. The van der Waals surface area contributed by atoms with Gasteiger partial charge in [0.05, 0.1) is 12.4 Å². The number of amides is 3. The first kappa shape index (κ1) is 20.9. The van der Waals surface area contributed by atoms with Gasteiger partial charge >= 0.3 is 0 Å². The highest BCUT2D eigenvalue weighted by molar-refractivity contribution is 5.93. The molecule has 0 spiro atoms. The highest BCUT2D eigenvalue weighted by Gasteiger charge is 2.37. The van der Waals surface area contributed by atoms with Gasteiger partial charge in [-0.1, -0.05) is 13.8 Å². The van der Waals surface area contributed by atoms with Crippen molar-refractivity contribution in [3.05, 3.63) is 18.2 Å². The highest BCUT2D eigenvalue weighted by Crippen LogP contribution is 2.20. The molecule has 3 amide bonds. The van der Waals surface area contributed by atoms with Gasteiger partial charge in [-0.3, -0.25) is 14.4 Å². The molecule has 2 rings (SSSR count). The van der Waals surface area contributed by atoms with E-state index in [9.17, 15) is 14.4 Å². The third kappa shape index (κ3) is 5.53. The van der Waals surface area contributed by atoms with E-state index in [0.29, 0.717) is 25.8 Å². The van der Waals surface area contributed by atoms with Gasteiger partial charge in [0.1, 0.15) is 12.1 Å².